The Bertz CT molecular complexity index is 906. The molecule has 0 atom stereocenters. The Kier molecular flexibility index (Phi) is 5.99. The molecule has 0 unspecified atom stereocenters. The van der Waals surface area contributed by atoms with Crippen molar-refractivity contribution < 1.29 is 9.47 Å². The van der Waals surface area contributed by atoms with Crippen LogP contribution in [0.5, 0.6) is 11.5 Å². The normalized spacial score (nSPS) is 10.8. The predicted molar refractivity (Wildman–Crippen MR) is 106 cm³/mol. The molecule has 6 heteroatoms. The highest BCUT2D eigenvalue weighted by molar-refractivity contribution is 5.81. The van der Waals surface area contributed by atoms with E-state index in [0.717, 1.165) is 22.5 Å². The predicted octanol–water partition coefficient (Wildman–Crippen LogP) is 4.13. The maximum atomic E-state index is 5.86. The first-order valence-corrected chi connectivity index (χ1v) is 8.60. The zero-order chi connectivity index (χ0) is 19.1. The summed E-state index contributed by atoms with van der Waals surface area (Å²) in [7, 11) is 1.62. The molecule has 1 N–H and O–H groups in total. The molecule has 0 fully saturated rings. The summed E-state index contributed by atoms with van der Waals surface area (Å²) in [4.78, 5) is 8.57. The topological polar surface area (TPSA) is 68.6 Å². The van der Waals surface area contributed by atoms with Crippen LogP contribution in [0, 0.1) is 13.8 Å². The number of anilines is 1. The first-order valence-electron chi connectivity index (χ1n) is 8.60. The van der Waals surface area contributed by atoms with Crippen molar-refractivity contribution in [1.29, 1.82) is 0 Å². The first-order chi connectivity index (χ1) is 13.1. The Morgan fingerprint density at radius 3 is 2.41 bits per heavy atom. The number of rotatable bonds is 7. The molecule has 0 amide bonds. The molecule has 3 aromatic rings. The summed E-state index contributed by atoms with van der Waals surface area (Å²) in [6.45, 7) is 4.32. The average molecular weight is 362 g/mol. The summed E-state index contributed by atoms with van der Waals surface area (Å²) in [5, 5.41) is 4.20. The summed E-state index contributed by atoms with van der Waals surface area (Å²) >= 11 is 0. The fourth-order valence-electron chi connectivity index (χ4n) is 2.56. The van der Waals surface area contributed by atoms with Crippen LogP contribution in [-0.2, 0) is 6.61 Å². The number of aromatic nitrogens is 2. The maximum Gasteiger partial charge on any atom is 0.243 e. The highest BCUT2D eigenvalue weighted by Crippen LogP contribution is 2.28. The summed E-state index contributed by atoms with van der Waals surface area (Å²) in [5.74, 6) is 1.81. The van der Waals surface area contributed by atoms with Gasteiger partial charge in [0.25, 0.3) is 0 Å². The molecule has 0 spiro atoms. The van der Waals surface area contributed by atoms with E-state index in [4.69, 9.17) is 9.47 Å². The van der Waals surface area contributed by atoms with Gasteiger partial charge in [0, 0.05) is 11.4 Å². The van der Waals surface area contributed by atoms with E-state index in [-0.39, 0.29) is 0 Å². The van der Waals surface area contributed by atoms with Crippen molar-refractivity contribution in [2.24, 2.45) is 5.10 Å². The van der Waals surface area contributed by atoms with Gasteiger partial charge in [-0.2, -0.15) is 5.10 Å². The Hall–Kier alpha value is -3.41. The number of hydrazone groups is 1. The van der Waals surface area contributed by atoms with E-state index in [2.05, 4.69) is 20.5 Å². The lowest BCUT2D eigenvalue weighted by molar-refractivity contribution is 0.284. The number of hydrogen-bond donors (Lipinski definition) is 1. The highest BCUT2D eigenvalue weighted by atomic mass is 16.5. The lowest BCUT2D eigenvalue weighted by Crippen LogP contribution is -2.00. The van der Waals surface area contributed by atoms with Gasteiger partial charge < -0.3 is 9.47 Å². The molecule has 0 radical (unpaired) electrons. The van der Waals surface area contributed by atoms with Gasteiger partial charge in [0.15, 0.2) is 11.5 Å². The summed E-state index contributed by atoms with van der Waals surface area (Å²) in [5.41, 5.74) is 6.60. The third-order valence-electron chi connectivity index (χ3n) is 3.79. The molecule has 6 nitrogen and oxygen atoms in total. The third kappa shape index (κ3) is 5.28. The highest BCUT2D eigenvalue weighted by Gasteiger charge is 2.06. The number of ether oxygens (including phenoxy) is 2. The molecule has 1 heterocycles. The van der Waals surface area contributed by atoms with Crippen LogP contribution in [-0.4, -0.2) is 23.3 Å². The van der Waals surface area contributed by atoms with E-state index in [9.17, 15) is 0 Å². The van der Waals surface area contributed by atoms with Crippen LogP contribution < -0.4 is 14.9 Å². The SMILES string of the molecule is COc1cc(C=NNc2nc(C)cc(C)n2)ccc1OCc1ccccc1. The van der Waals surface area contributed by atoms with Gasteiger partial charge in [0.1, 0.15) is 6.61 Å². The third-order valence-corrected chi connectivity index (χ3v) is 3.79. The van der Waals surface area contributed by atoms with E-state index in [1.165, 1.54) is 0 Å². The van der Waals surface area contributed by atoms with Gasteiger partial charge in [-0.25, -0.2) is 15.4 Å². The fourth-order valence-corrected chi connectivity index (χ4v) is 2.56. The summed E-state index contributed by atoms with van der Waals surface area (Å²) in [6.07, 6.45) is 1.69. The van der Waals surface area contributed by atoms with Gasteiger partial charge in [-0.05, 0) is 49.2 Å². The second kappa shape index (κ2) is 8.80. The minimum atomic E-state index is 0.471. The number of aryl methyl sites for hydroxylation is 2. The molecule has 0 saturated carbocycles. The minimum absolute atomic E-state index is 0.471. The zero-order valence-electron chi connectivity index (χ0n) is 15.6. The van der Waals surface area contributed by atoms with Gasteiger partial charge in [-0.3, -0.25) is 0 Å². The molecular weight excluding hydrogens is 340 g/mol. The Balaban J connectivity index is 1.66. The molecule has 0 saturated heterocycles. The molecule has 1 aromatic heterocycles. The van der Waals surface area contributed by atoms with Crippen LogP contribution in [0.3, 0.4) is 0 Å². The Morgan fingerprint density at radius 2 is 1.70 bits per heavy atom. The van der Waals surface area contributed by atoms with Crippen LogP contribution in [0.4, 0.5) is 5.95 Å². The fraction of sp³-hybridized carbons (Fsp3) is 0.190. The molecule has 2 aromatic carbocycles. The maximum absolute atomic E-state index is 5.86. The second-order valence-corrected chi connectivity index (χ2v) is 6.03. The van der Waals surface area contributed by atoms with Crippen LogP contribution >= 0.6 is 0 Å². The number of methoxy groups -OCH3 is 1. The average Bonchev–Trinajstić information content (AvgIpc) is 2.67. The molecule has 0 aliphatic rings. The van der Waals surface area contributed by atoms with Gasteiger partial charge >= 0.3 is 0 Å². The van der Waals surface area contributed by atoms with Crippen molar-refractivity contribution in [1.82, 2.24) is 9.97 Å². The van der Waals surface area contributed by atoms with Gasteiger partial charge in [-0.15, -0.1) is 0 Å². The molecule has 138 valence electrons. The van der Waals surface area contributed by atoms with Crippen molar-refractivity contribution in [3.63, 3.8) is 0 Å². The van der Waals surface area contributed by atoms with Crippen molar-refractivity contribution >= 4 is 12.2 Å². The summed E-state index contributed by atoms with van der Waals surface area (Å²) < 4.78 is 11.3. The number of benzene rings is 2. The monoisotopic (exact) mass is 362 g/mol. The van der Waals surface area contributed by atoms with Crippen LogP contribution in [0.1, 0.15) is 22.5 Å². The van der Waals surface area contributed by atoms with Gasteiger partial charge in [0.05, 0.1) is 13.3 Å². The van der Waals surface area contributed by atoms with Gasteiger partial charge in [-0.1, -0.05) is 30.3 Å². The number of nitrogens with one attached hydrogen (secondary N) is 1. The smallest absolute Gasteiger partial charge is 0.243 e. The molecule has 3 rings (SSSR count). The van der Waals surface area contributed by atoms with E-state index < -0.39 is 0 Å². The van der Waals surface area contributed by atoms with E-state index in [0.29, 0.717) is 24.1 Å². The van der Waals surface area contributed by atoms with Crippen molar-refractivity contribution in [2.45, 2.75) is 20.5 Å². The summed E-state index contributed by atoms with van der Waals surface area (Å²) in [6, 6.07) is 17.6. The number of hydrogen-bond acceptors (Lipinski definition) is 6. The quantitative estimate of drug-likeness (QED) is 0.506. The molecule has 0 bridgehead atoms. The standard InChI is InChI=1S/C21H22N4O2/c1-15-11-16(2)24-21(23-15)25-22-13-18-9-10-19(20(12-18)26-3)27-14-17-7-5-4-6-8-17/h4-13H,14H2,1-3H3,(H,23,24,25). The Labute approximate surface area is 158 Å². The molecular formula is C21H22N4O2. The lowest BCUT2D eigenvalue weighted by Gasteiger charge is -2.11. The Morgan fingerprint density at radius 1 is 0.963 bits per heavy atom. The van der Waals surface area contributed by atoms with Crippen molar-refractivity contribution in [3.05, 3.63) is 77.1 Å². The van der Waals surface area contributed by atoms with Crippen molar-refractivity contribution in [2.75, 3.05) is 12.5 Å². The van der Waals surface area contributed by atoms with Crippen molar-refractivity contribution in [3.8, 4) is 11.5 Å². The van der Waals surface area contributed by atoms with Crippen LogP contribution in [0.15, 0.2) is 59.7 Å². The van der Waals surface area contributed by atoms with Crippen LogP contribution in [0.25, 0.3) is 0 Å². The number of nitrogens with zero attached hydrogens (tertiary/aromatic N) is 3. The van der Waals surface area contributed by atoms with Gasteiger partial charge in [0.2, 0.25) is 5.95 Å². The molecule has 0 aliphatic carbocycles. The zero-order valence-corrected chi connectivity index (χ0v) is 15.6. The second-order valence-electron chi connectivity index (χ2n) is 6.03. The van der Waals surface area contributed by atoms with E-state index in [1.54, 1.807) is 13.3 Å². The largest absolute Gasteiger partial charge is 0.493 e. The minimum Gasteiger partial charge on any atom is -0.493 e. The van der Waals surface area contributed by atoms with Crippen LogP contribution in [0.2, 0.25) is 0 Å². The van der Waals surface area contributed by atoms with E-state index in [1.807, 2.05) is 68.4 Å². The van der Waals surface area contributed by atoms with E-state index >= 15 is 0 Å². The molecule has 0 aliphatic heterocycles. The first kappa shape index (κ1) is 18.4. The lowest BCUT2D eigenvalue weighted by atomic mass is 10.2. The molecule has 27 heavy (non-hydrogen) atoms.